The fourth-order valence-electron chi connectivity index (χ4n) is 6.94. The first-order valence-electron chi connectivity index (χ1n) is 17.8. The molecular formula is C40H46N3O9PSi. The number of H-pyrrole nitrogens is 1. The van der Waals surface area contributed by atoms with Crippen LogP contribution in [0, 0.1) is 12.1 Å². The highest BCUT2D eigenvalue weighted by atomic mass is 31.2. The van der Waals surface area contributed by atoms with Crippen LogP contribution in [0.2, 0.25) is 5.04 Å². The number of nitrogens with one attached hydrogen (secondary N) is 1. The van der Waals surface area contributed by atoms with Crippen LogP contribution < -0.4 is 35.6 Å². The van der Waals surface area contributed by atoms with Gasteiger partial charge in [0.1, 0.15) is 24.3 Å². The Morgan fingerprint density at radius 1 is 0.944 bits per heavy atom. The van der Waals surface area contributed by atoms with Crippen molar-refractivity contribution in [2.75, 3.05) is 13.3 Å². The molecule has 54 heavy (non-hydrogen) atoms. The number of aromatic nitrogens is 3. The summed E-state index contributed by atoms with van der Waals surface area (Å²) < 4.78 is 48.3. The molecule has 2 aromatic heterocycles. The highest BCUT2D eigenvalue weighted by Gasteiger charge is 2.54. The second-order valence-electron chi connectivity index (χ2n) is 14.3. The minimum absolute atomic E-state index is 0.109. The van der Waals surface area contributed by atoms with Crippen LogP contribution in [0.3, 0.4) is 0 Å². The van der Waals surface area contributed by atoms with Crippen molar-refractivity contribution < 1.29 is 32.2 Å². The van der Waals surface area contributed by atoms with Gasteiger partial charge in [0.05, 0.1) is 31.5 Å². The van der Waals surface area contributed by atoms with Crippen LogP contribution in [-0.4, -0.2) is 43.3 Å². The molecule has 1 saturated heterocycles. The highest BCUT2D eigenvalue weighted by molar-refractivity contribution is 7.54. The molecule has 0 amide bonds. The van der Waals surface area contributed by atoms with Gasteiger partial charge >= 0.3 is 13.3 Å². The van der Waals surface area contributed by atoms with Crippen LogP contribution >= 0.6 is 7.60 Å². The number of benzene rings is 3. The molecule has 1 fully saturated rings. The molecule has 5 aromatic rings. The number of aryl methyl sites for hydroxylation is 1. The third-order valence-corrected chi connectivity index (χ3v) is 16.5. The van der Waals surface area contributed by atoms with Gasteiger partial charge in [-0.05, 0) is 40.9 Å². The van der Waals surface area contributed by atoms with E-state index >= 15 is 0 Å². The molecule has 0 spiro atoms. The number of aromatic amines is 1. The molecule has 1 unspecified atom stereocenters. The summed E-state index contributed by atoms with van der Waals surface area (Å²) in [5, 5.41) is 14.4. The van der Waals surface area contributed by atoms with Crippen molar-refractivity contribution in [3.63, 3.8) is 0 Å². The van der Waals surface area contributed by atoms with Gasteiger partial charge in [0.25, 0.3) is 13.9 Å². The van der Waals surface area contributed by atoms with E-state index in [0.29, 0.717) is 21.8 Å². The molecule has 4 atom stereocenters. The number of pyridine rings is 1. The molecule has 3 aromatic carbocycles. The molecule has 3 heterocycles. The SMILES string of the molecule is COc1cc[n+]([O-])c(COP(=O)(CC[C@H]2O[C@@H](n3cc(C)c(=O)[nH]c3=O)C[C@@H]2O[Si](c2ccccc2)(c2ccccc2)C(C)(C)C)Oc2ccccc2)c1. The van der Waals surface area contributed by atoms with Crippen molar-refractivity contribution in [3.8, 4) is 11.5 Å². The molecule has 1 aliphatic heterocycles. The number of hydrogen-bond donors (Lipinski definition) is 1. The number of nitrogens with zero attached hydrogens (tertiary/aromatic N) is 2. The predicted molar refractivity (Wildman–Crippen MR) is 208 cm³/mol. The molecular weight excluding hydrogens is 726 g/mol. The van der Waals surface area contributed by atoms with Crippen molar-refractivity contribution in [1.29, 1.82) is 0 Å². The highest BCUT2D eigenvalue weighted by Crippen LogP contribution is 2.51. The van der Waals surface area contributed by atoms with E-state index in [1.54, 1.807) is 31.2 Å². The monoisotopic (exact) mass is 771 g/mol. The van der Waals surface area contributed by atoms with Crippen LogP contribution in [-0.2, 0) is 24.9 Å². The summed E-state index contributed by atoms with van der Waals surface area (Å²) in [7, 11) is -5.63. The van der Waals surface area contributed by atoms with Gasteiger partial charge in [-0.2, -0.15) is 4.73 Å². The lowest BCUT2D eigenvalue weighted by molar-refractivity contribution is -0.616. The Hall–Kier alpha value is -4.78. The maximum absolute atomic E-state index is 14.7. The molecule has 1 N–H and O–H groups in total. The van der Waals surface area contributed by atoms with E-state index in [1.807, 2.05) is 42.5 Å². The van der Waals surface area contributed by atoms with Crippen LogP contribution in [0.25, 0.3) is 0 Å². The van der Waals surface area contributed by atoms with Gasteiger partial charge in [-0.25, -0.2) is 9.36 Å². The minimum Gasteiger partial charge on any atom is -0.618 e. The Kier molecular flexibility index (Phi) is 11.7. The summed E-state index contributed by atoms with van der Waals surface area (Å²) >= 11 is 0. The molecule has 284 valence electrons. The Labute approximate surface area is 315 Å². The third-order valence-electron chi connectivity index (χ3n) is 9.67. The molecule has 1 aliphatic rings. The fourth-order valence-corrected chi connectivity index (χ4v) is 13.3. The number of rotatable bonds is 14. The van der Waals surface area contributed by atoms with E-state index < -0.39 is 45.6 Å². The Balaban J connectivity index is 1.38. The summed E-state index contributed by atoms with van der Waals surface area (Å²) in [5.41, 5.74) is -0.541. The Morgan fingerprint density at radius 2 is 1.56 bits per heavy atom. The summed E-state index contributed by atoms with van der Waals surface area (Å²) in [6, 6.07) is 32.1. The van der Waals surface area contributed by atoms with E-state index in [2.05, 4.69) is 50.0 Å². The number of ether oxygens (including phenoxy) is 2. The van der Waals surface area contributed by atoms with Gasteiger partial charge in [0.15, 0.2) is 6.20 Å². The average molecular weight is 772 g/mol. The number of para-hydroxylation sites is 1. The molecule has 0 saturated carbocycles. The van der Waals surface area contributed by atoms with Gasteiger partial charge < -0.3 is 23.6 Å². The maximum atomic E-state index is 14.7. The molecule has 0 aliphatic carbocycles. The number of methoxy groups -OCH3 is 1. The van der Waals surface area contributed by atoms with Crippen molar-refractivity contribution in [2.24, 2.45) is 0 Å². The molecule has 0 bridgehead atoms. The second kappa shape index (κ2) is 16.3. The molecule has 12 nitrogen and oxygen atoms in total. The summed E-state index contributed by atoms with van der Waals surface area (Å²) in [6.07, 6.45) is 1.02. The lowest BCUT2D eigenvalue weighted by Crippen LogP contribution is -2.68. The zero-order valence-electron chi connectivity index (χ0n) is 31.0. The maximum Gasteiger partial charge on any atom is 0.379 e. The molecule has 6 rings (SSSR count). The zero-order chi connectivity index (χ0) is 38.5. The van der Waals surface area contributed by atoms with Gasteiger partial charge in [-0.3, -0.25) is 18.9 Å². The summed E-state index contributed by atoms with van der Waals surface area (Å²) in [5.74, 6) is 0.781. The van der Waals surface area contributed by atoms with E-state index in [1.165, 1.54) is 36.2 Å². The van der Waals surface area contributed by atoms with E-state index in [-0.39, 0.29) is 36.3 Å². The van der Waals surface area contributed by atoms with E-state index in [9.17, 15) is 19.4 Å². The van der Waals surface area contributed by atoms with Crippen molar-refractivity contribution in [1.82, 2.24) is 9.55 Å². The van der Waals surface area contributed by atoms with Crippen LogP contribution in [0.5, 0.6) is 11.5 Å². The first-order valence-corrected chi connectivity index (χ1v) is 21.5. The Morgan fingerprint density at radius 3 is 2.15 bits per heavy atom. The lowest BCUT2D eigenvalue weighted by Gasteiger charge is -2.45. The lowest BCUT2D eigenvalue weighted by atomic mass is 10.1. The second-order valence-corrected chi connectivity index (χ2v) is 20.7. The summed E-state index contributed by atoms with van der Waals surface area (Å²) in [6.45, 7) is 7.84. The minimum atomic E-state index is -3.98. The molecule has 0 radical (unpaired) electrons. The smallest absolute Gasteiger partial charge is 0.379 e. The first kappa shape index (κ1) is 38.9. The topological polar surface area (TPSA) is 145 Å². The fraction of sp³-hybridized carbons (Fsp3) is 0.325. The first-order chi connectivity index (χ1) is 25.8. The van der Waals surface area contributed by atoms with Gasteiger partial charge in [-0.15, -0.1) is 0 Å². The van der Waals surface area contributed by atoms with E-state index in [4.69, 9.17) is 22.9 Å². The van der Waals surface area contributed by atoms with Crippen LogP contribution in [0.15, 0.2) is 125 Å². The summed E-state index contributed by atoms with van der Waals surface area (Å²) in [4.78, 5) is 27.9. The van der Waals surface area contributed by atoms with E-state index in [0.717, 1.165) is 10.4 Å². The Bertz CT molecular complexity index is 2150. The van der Waals surface area contributed by atoms with Gasteiger partial charge in [0.2, 0.25) is 5.69 Å². The average Bonchev–Trinajstić information content (AvgIpc) is 3.57. The van der Waals surface area contributed by atoms with Crippen LogP contribution in [0.1, 0.15) is 51.1 Å². The third kappa shape index (κ3) is 8.46. The van der Waals surface area contributed by atoms with Gasteiger partial charge in [0, 0.05) is 24.2 Å². The number of hydrogen-bond acceptors (Lipinski definition) is 9. The normalized spacial score (nSPS) is 18.6. The van der Waals surface area contributed by atoms with Gasteiger partial charge in [-0.1, -0.05) is 99.6 Å². The van der Waals surface area contributed by atoms with Crippen LogP contribution in [0.4, 0.5) is 0 Å². The van der Waals surface area contributed by atoms with Crippen molar-refractivity contribution in [2.45, 2.75) is 70.6 Å². The zero-order valence-corrected chi connectivity index (χ0v) is 32.9. The largest absolute Gasteiger partial charge is 0.618 e. The van der Waals surface area contributed by atoms with Crippen molar-refractivity contribution >= 4 is 26.3 Å². The quantitative estimate of drug-likeness (QED) is 0.0661. The predicted octanol–water partition coefficient (Wildman–Crippen LogP) is 5.60. The van der Waals surface area contributed by atoms with Crippen molar-refractivity contribution in [3.05, 3.63) is 153 Å². The standard InChI is InChI=1S/C40H46N3O9PSi/c1-29-27-42(39(45)41-38(29)44)37-26-36(52-54(40(2,3)4,33-17-11-7-12-18-33)34-19-13-8-14-20-34)35(50-37)22-24-53(47,51-31-15-9-6-10-16-31)49-28-30-25-32(48-5)21-23-43(30)46/h6-21,23,25,27,35-37H,22,24,26,28H2,1-5H3,(H,41,44,45)/t35-,36+,37-,53?/m1/s1. The molecule has 14 heteroatoms.